The molecule has 4 aromatic rings. The summed E-state index contributed by atoms with van der Waals surface area (Å²) in [4.78, 5) is 21.8. The summed E-state index contributed by atoms with van der Waals surface area (Å²) in [6.45, 7) is 6.27. The lowest BCUT2D eigenvalue weighted by atomic mass is 10.0. The number of fused-ring (bicyclic) bond motifs is 1. The SMILES string of the molecule is COc1cc(C(C)NC(=O)c2cc(C)nc3ccc(C)cc23)ccc1OCc1ccncc1. The average Bonchev–Trinajstić information content (AvgIpc) is 2.83. The van der Waals surface area contributed by atoms with Crippen LogP contribution in [-0.2, 0) is 6.61 Å². The van der Waals surface area contributed by atoms with Crippen molar-refractivity contribution in [1.29, 1.82) is 0 Å². The number of aromatic nitrogens is 2. The van der Waals surface area contributed by atoms with E-state index in [1.807, 2.05) is 75.4 Å². The Kier molecular flexibility index (Phi) is 6.54. The molecule has 0 radical (unpaired) electrons. The van der Waals surface area contributed by atoms with Gasteiger partial charge in [0.25, 0.3) is 5.91 Å². The van der Waals surface area contributed by atoms with Crippen LogP contribution in [0.2, 0.25) is 0 Å². The van der Waals surface area contributed by atoms with Crippen molar-refractivity contribution in [2.75, 3.05) is 7.11 Å². The maximum atomic E-state index is 13.2. The van der Waals surface area contributed by atoms with E-state index in [2.05, 4.69) is 15.3 Å². The number of ether oxygens (including phenoxy) is 2. The van der Waals surface area contributed by atoms with Crippen molar-refractivity contribution in [3.63, 3.8) is 0 Å². The van der Waals surface area contributed by atoms with Gasteiger partial charge >= 0.3 is 0 Å². The molecule has 6 nitrogen and oxygen atoms in total. The van der Waals surface area contributed by atoms with Crippen molar-refractivity contribution >= 4 is 16.8 Å². The Bertz CT molecular complexity index is 1290. The number of hydrogen-bond donors (Lipinski definition) is 1. The number of nitrogens with one attached hydrogen (secondary N) is 1. The number of carbonyl (C=O) groups is 1. The Balaban J connectivity index is 1.52. The first-order valence-electron chi connectivity index (χ1n) is 10.8. The highest BCUT2D eigenvalue weighted by molar-refractivity contribution is 6.06. The highest BCUT2D eigenvalue weighted by Crippen LogP contribution is 2.31. The van der Waals surface area contributed by atoms with Crippen LogP contribution in [0.3, 0.4) is 0 Å². The molecule has 2 aromatic heterocycles. The van der Waals surface area contributed by atoms with E-state index in [1.54, 1.807) is 19.5 Å². The van der Waals surface area contributed by atoms with Gasteiger partial charge in [0.15, 0.2) is 11.5 Å². The molecule has 4 rings (SSSR count). The van der Waals surface area contributed by atoms with Gasteiger partial charge in [-0.15, -0.1) is 0 Å². The molecule has 2 heterocycles. The predicted molar refractivity (Wildman–Crippen MR) is 129 cm³/mol. The summed E-state index contributed by atoms with van der Waals surface area (Å²) in [5.41, 5.74) is 5.27. The van der Waals surface area contributed by atoms with E-state index in [4.69, 9.17) is 9.47 Å². The molecule has 0 saturated heterocycles. The van der Waals surface area contributed by atoms with E-state index < -0.39 is 0 Å². The second-order valence-electron chi connectivity index (χ2n) is 8.08. The van der Waals surface area contributed by atoms with Crippen LogP contribution >= 0.6 is 0 Å². The maximum Gasteiger partial charge on any atom is 0.252 e. The Morgan fingerprint density at radius 2 is 1.79 bits per heavy atom. The maximum absolute atomic E-state index is 13.2. The van der Waals surface area contributed by atoms with E-state index in [0.717, 1.165) is 33.3 Å². The minimum absolute atomic E-state index is 0.138. The number of methoxy groups -OCH3 is 1. The quantitative estimate of drug-likeness (QED) is 0.420. The summed E-state index contributed by atoms with van der Waals surface area (Å²) >= 11 is 0. The molecule has 1 atom stereocenters. The Morgan fingerprint density at radius 1 is 1.00 bits per heavy atom. The molecule has 1 amide bonds. The van der Waals surface area contributed by atoms with Crippen molar-refractivity contribution in [3.8, 4) is 11.5 Å². The van der Waals surface area contributed by atoms with Gasteiger partial charge in [0.2, 0.25) is 0 Å². The normalized spacial score (nSPS) is 11.8. The molecule has 33 heavy (non-hydrogen) atoms. The standard InChI is InChI=1S/C27H27N3O3/c1-17-5-7-24-22(13-17)23(14-18(2)29-24)27(31)30-19(3)21-6-8-25(26(15-21)32-4)33-16-20-9-11-28-12-10-20/h5-15,19H,16H2,1-4H3,(H,30,31). The largest absolute Gasteiger partial charge is 0.493 e. The number of carbonyl (C=O) groups excluding carboxylic acids is 1. The van der Waals surface area contributed by atoms with E-state index in [0.29, 0.717) is 23.7 Å². The number of amides is 1. The molecule has 0 aliphatic rings. The zero-order valence-corrected chi connectivity index (χ0v) is 19.3. The predicted octanol–water partition coefficient (Wildman–Crippen LogP) is 5.33. The summed E-state index contributed by atoms with van der Waals surface area (Å²) in [5.74, 6) is 1.12. The number of rotatable bonds is 7. The number of aryl methyl sites for hydroxylation is 2. The fraction of sp³-hybridized carbons (Fsp3) is 0.222. The zero-order valence-electron chi connectivity index (χ0n) is 19.3. The van der Waals surface area contributed by atoms with Crippen LogP contribution < -0.4 is 14.8 Å². The zero-order chi connectivity index (χ0) is 23.4. The molecule has 0 aliphatic carbocycles. The summed E-state index contributed by atoms with van der Waals surface area (Å²) in [5, 5.41) is 3.96. The molecule has 6 heteroatoms. The minimum atomic E-state index is -0.228. The fourth-order valence-electron chi connectivity index (χ4n) is 3.73. The van der Waals surface area contributed by atoms with Gasteiger partial charge in [-0.25, -0.2) is 0 Å². The second kappa shape index (κ2) is 9.69. The topological polar surface area (TPSA) is 73.3 Å². The molecular weight excluding hydrogens is 414 g/mol. The number of hydrogen-bond acceptors (Lipinski definition) is 5. The molecule has 0 spiro atoms. The molecule has 2 aromatic carbocycles. The minimum Gasteiger partial charge on any atom is -0.493 e. The van der Waals surface area contributed by atoms with Crippen LogP contribution in [0.5, 0.6) is 11.5 Å². The van der Waals surface area contributed by atoms with Gasteiger partial charge in [-0.05, 0) is 74.4 Å². The Morgan fingerprint density at radius 3 is 2.55 bits per heavy atom. The third kappa shape index (κ3) is 5.12. The smallest absolute Gasteiger partial charge is 0.252 e. The van der Waals surface area contributed by atoms with Crippen LogP contribution in [0.4, 0.5) is 0 Å². The third-order valence-corrected chi connectivity index (χ3v) is 5.52. The molecule has 168 valence electrons. The van der Waals surface area contributed by atoms with Gasteiger partial charge in [0.05, 0.1) is 24.2 Å². The van der Waals surface area contributed by atoms with E-state index in [-0.39, 0.29) is 11.9 Å². The van der Waals surface area contributed by atoms with E-state index >= 15 is 0 Å². The van der Waals surface area contributed by atoms with Crippen molar-refractivity contribution in [1.82, 2.24) is 15.3 Å². The summed E-state index contributed by atoms with van der Waals surface area (Å²) in [6, 6.07) is 17.1. The summed E-state index contributed by atoms with van der Waals surface area (Å²) < 4.78 is 11.5. The van der Waals surface area contributed by atoms with Gasteiger partial charge in [0, 0.05) is 23.5 Å². The van der Waals surface area contributed by atoms with Crippen molar-refractivity contribution in [3.05, 3.63) is 94.9 Å². The van der Waals surface area contributed by atoms with Crippen LogP contribution in [-0.4, -0.2) is 23.0 Å². The van der Waals surface area contributed by atoms with Gasteiger partial charge in [0.1, 0.15) is 6.61 Å². The van der Waals surface area contributed by atoms with Crippen molar-refractivity contribution in [2.24, 2.45) is 0 Å². The van der Waals surface area contributed by atoms with Crippen molar-refractivity contribution in [2.45, 2.75) is 33.4 Å². The lowest BCUT2D eigenvalue weighted by Gasteiger charge is -2.18. The highest BCUT2D eigenvalue weighted by atomic mass is 16.5. The molecule has 0 aliphatic heterocycles. The first-order chi connectivity index (χ1) is 15.9. The van der Waals surface area contributed by atoms with E-state index in [1.165, 1.54) is 0 Å². The van der Waals surface area contributed by atoms with Gasteiger partial charge in [-0.1, -0.05) is 17.7 Å². The molecule has 0 fully saturated rings. The number of nitrogens with zero attached hydrogens (tertiary/aromatic N) is 2. The Labute approximate surface area is 193 Å². The van der Waals surface area contributed by atoms with Crippen LogP contribution in [0.25, 0.3) is 10.9 Å². The second-order valence-corrected chi connectivity index (χ2v) is 8.08. The molecule has 1 N–H and O–H groups in total. The lowest BCUT2D eigenvalue weighted by Crippen LogP contribution is -2.27. The highest BCUT2D eigenvalue weighted by Gasteiger charge is 2.17. The average molecular weight is 442 g/mol. The number of pyridine rings is 2. The first-order valence-corrected chi connectivity index (χ1v) is 10.8. The molecule has 1 unspecified atom stereocenters. The summed E-state index contributed by atoms with van der Waals surface area (Å²) in [6.07, 6.45) is 3.47. The monoisotopic (exact) mass is 441 g/mol. The molecular formula is C27H27N3O3. The molecule has 0 saturated carbocycles. The van der Waals surface area contributed by atoms with Gasteiger partial charge < -0.3 is 14.8 Å². The van der Waals surface area contributed by atoms with Crippen LogP contribution in [0.1, 0.15) is 45.7 Å². The first kappa shape index (κ1) is 22.3. The third-order valence-electron chi connectivity index (χ3n) is 5.52. The molecule has 0 bridgehead atoms. The van der Waals surface area contributed by atoms with Gasteiger partial charge in [-0.2, -0.15) is 0 Å². The van der Waals surface area contributed by atoms with Crippen LogP contribution in [0.15, 0.2) is 67.0 Å². The van der Waals surface area contributed by atoms with E-state index in [9.17, 15) is 4.79 Å². The van der Waals surface area contributed by atoms with Gasteiger partial charge in [-0.3, -0.25) is 14.8 Å². The number of benzene rings is 2. The Hall–Kier alpha value is -3.93. The fourth-order valence-corrected chi connectivity index (χ4v) is 3.73. The van der Waals surface area contributed by atoms with Crippen molar-refractivity contribution < 1.29 is 14.3 Å². The lowest BCUT2D eigenvalue weighted by molar-refractivity contribution is 0.0941. The van der Waals surface area contributed by atoms with Crippen LogP contribution in [0, 0.1) is 13.8 Å². The summed E-state index contributed by atoms with van der Waals surface area (Å²) in [7, 11) is 1.61.